The molecular formula is C15H13ClN6O. The Labute approximate surface area is 136 Å². The highest BCUT2D eigenvalue weighted by molar-refractivity contribution is 6.30. The fourth-order valence-electron chi connectivity index (χ4n) is 2.20. The van der Waals surface area contributed by atoms with Gasteiger partial charge in [0.25, 0.3) is 0 Å². The second-order valence-corrected chi connectivity index (χ2v) is 5.33. The van der Waals surface area contributed by atoms with Crippen molar-refractivity contribution in [2.24, 2.45) is 0 Å². The molecule has 0 aliphatic rings. The lowest BCUT2D eigenvalue weighted by atomic mass is 10.2. The molecule has 0 fully saturated rings. The monoisotopic (exact) mass is 328 g/mol. The minimum atomic E-state index is 0.0749. The van der Waals surface area contributed by atoms with Gasteiger partial charge in [0.15, 0.2) is 5.65 Å². The number of rotatable bonds is 4. The molecule has 0 unspecified atom stereocenters. The number of carbonyl (C=O) groups excluding carboxylic acids is 1. The number of halogens is 1. The number of pyridine rings is 1. The molecule has 7 nitrogen and oxygen atoms in total. The predicted molar refractivity (Wildman–Crippen MR) is 89.9 cm³/mol. The number of amides is 1. The van der Waals surface area contributed by atoms with Crippen LogP contribution in [0.1, 0.15) is 5.56 Å². The van der Waals surface area contributed by atoms with Gasteiger partial charge in [0, 0.05) is 16.9 Å². The number of hydrogen-bond acceptors (Lipinski definition) is 6. The third-order valence-corrected chi connectivity index (χ3v) is 3.55. The summed E-state index contributed by atoms with van der Waals surface area (Å²) in [5, 5.41) is 1.20. The Morgan fingerprint density at radius 3 is 2.61 bits per heavy atom. The number of nitrogens with two attached hydrogens (primary N) is 2. The van der Waals surface area contributed by atoms with Crippen molar-refractivity contribution < 1.29 is 4.79 Å². The maximum absolute atomic E-state index is 11.4. The first-order valence-corrected chi connectivity index (χ1v) is 7.10. The van der Waals surface area contributed by atoms with E-state index >= 15 is 0 Å². The van der Waals surface area contributed by atoms with E-state index in [2.05, 4.69) is 15.0 Å². The van der Waals surface area contributed by atoms with Crippen molar-refractivity contribution in [3.63, 3.8) is 0 Å². The van der Waals surface area contributed by atoms with Crippen molar-refractivity contribution in [1.29, 1.82) is 0 Å². The van der Waals surface area contributed by atoms with E-state index in [1.165, 1.54) is 4.90 Å². The molecule has 3 aromatic rings. The zero-order valence-corrected chi connectivity index (χ0v) is 12.7. The summed E-state index contributed by atoms with van der Waals surface area (Å²) < 4.78 is 0. The van der Waals surface area contributed by atoms with E-state index in [1.54, 1.807) is 36.5 Å². The van der Waals surface area contributed by atoms with E-state index in [0.29, 0.717) is 22.6 Å². The predicted octanol–water partition coefficient (Wildman–Crippen LogP) is 2.01. The van der Waals surface area contributed by atoms with Crippen LogP contribution in [0.25, 0.3) is 11.0 Å². The zero-order valence-electron chi connectivity index (χ0n) is 12.0. The first-order chi connectivity index (χ1) is 11.1. The average Bonchev–Trinajstić information content (AvgIpc) is 2.54. The van der Waals surface area contributed by atoms with Crippen molar-refractivity contribution in [2.45, 2.75) is 6.54 Å². The van der Waals surface area contributed by atoms with Gasteiger partial charge in [-0.25, -0.2) is 4.98 Å². The summed E-state index contributed by atoms with van der Waals surface area (Å²) in [6.07, 6.45) is 2.37. The Morgan fingerprint density at radius 1 is 1.17 bits per heavy atom. The van der Waals surface area contributed by atoms with Gasteiger partial charge in [0.1, 0.15) is 5.82 Å². The van der Waals surface area contributed by atoms with Crippen LogP contribution in [-0.4, -0.2) is 21.4 Å². The molecule has 0 radical (unpaired) electrons. The fourth-order valence-corrected chi connectivity index (χ4v) is 2.33. The van der Waals surface area contributed by atoms with Crippen molar-refractivity contribution in [3.05, 3.63) is 47.1 Å². The highest BCUT2D eigenvalue weighted by Crippen LogP contribution is 2.22. The lowest BCUT2D eigenvalue weighted by molar-refractivity contribution is -0.107. The van der Waals surface area contributed by atoms with E-state index in [-0.39, 0.29) is 11.8 Å². The third kappa shape index (κ3) is 3.14. The quantitative estimate of drug-likeness (QED) is 0.709. The number of nitrogens with zero attached hydrogens (tertiary/aromatic N) is 4. The lowest BCUT2D eigenvalue weighted by Gasteiger charge is -2.17. The van der Waals surface area contributed by atoms with Crippen molar-refractivity contribution >= 4 is 46.5 Å². The highest BCUT2D eigenvalue weighted by atomic mass is 35.5. The van der Waals surface area contributed by atoms with Crippen LogP contribution in [0, 0.1) is 0 Å². The Morgan fingerprint density at radius 2 is 1.91 bits per heavy atom. The van der Waals surface area contributed by atoms with Crippen molar-refractivity contribution in [1.82, 2.24) is 15.0 Å². The largest absolute Gasteiger partial charge is 0.383 e. The van der Waals surface area contributed by atoms with Crippen molar-refractivity contribution in [3.8, 4) is 0 Å². The molecule has 2 aromatic heterocycles. The Kier molecular flexibility index (Phi) is 3.94. The summed E-state index contributed by atoms with van der Waals surface area (Å²) in [5.41, 5.74) is 13.3. The second-order valence-electron chi connectivity index (χ2n) is 4.89. The Balaban J connectivity index is 1.93. The van der Waals surface area contributed by atoms with E-state index in [4.69, 9.17) is 23.1 Å². The molecule has 0 aliphatic carbocycles. The molecule has 0 saturated carbocycles. The molecule has 0 atom stereocenters. The van der Waals surface area contributed by atoms with Gasteiger partial charge in [-0.1, -0.05) is 11.6 Å². The van der Waals surface area contributed by atoms with Gasteiger partial charge in [-0.2, -0.15) is 9.97 Å². The van der Waals surface area contributed by atoms with Crippen LogP contribution in [0.4, 0.5) is 17.5 Å². The van der Waals surface area contributed by atoms with Gasteiger partial charge in [0.05, 0.1) is 11.9 Å². The number of aromatic nitrogens is 3. The molecule has 1 amide bonds. The number of carbonyl (C=O) groups is 1. The summed E-state index contributed by atoms with van der Waals surface area (Å²) in [4.78, 5) is 25.1. The number of benzene rings is 1. The summed E-state index contributed by atoms with van der Waals surface area (Å²) in [7, 11) is 0. The molecule has 2 heterocycles. The standard InChI is InChI=1S/C15H13ClN6O/c16-10-1-3-11(4-2-10)22(8-23)7-9-5-12-13(17)20-15(18)21-14(12)19-6-9/h1-6,8H,7H2,(H4,17,18,19,20,21). The summed E-state index contributed by atoms with van der Waals surface area (Å²) in [6.45, 7) is 0.331. The summed E-state index contributed by atoms with van der Waals surface area (Å²) >= 11 is 5.86. The molecule has 116 valence electrons. The van der Waals surface area contributed by atoms with E-state index in [9.17, 15) is 4.79 Å². The first-order valence-electron chi connectivity index (χ1n) is 6.72. The maximum atomic E-state index is 11.4. The lowest BCUT2D eigenvalue weighted by Crippen LogP contribution is -2.20. The molecule has 8 heteroatoms. The van der Waals surface area contributed by atoms with Gasteiger partial charge < -0.3 is 16.4 Å². The van der Waals surface area contributed by atoms with Gasteiger partial charge in [0.2, 0.25) is 12.4 Å². The molecule has 1 aromatic carbocycles. The summed E-state index contributed by atoms with van der Waals surface area (Å²) in [6, 6.07) is 8.78. The van der Waals surface area contributed by atoms with Crippen LogP contribution in [0.15, 0.2) is 36.5 Å². The number of anilines is 3. The van der Waals surface area contributed by atoms with Crippen LogP contribution < -0.4 is 16.4 Å². The molecule has 3 rings (SSSR count). The van der Waals surface area contributed by atoms with E-state index in [1.807, 2.05) is 0 Å². The van der Waals surface area contributed by atoms with Crippen molar-refractivity contribution in [2.75, 3.05) is 16.4 Å². The van der Waals surface area contributed by atoms with Crippen LogP contribution in [-0.2, 0) is 11.3 Å². The fraction of sp³-hybridized carbons (Fsp3) is 0.0667. The van der Waals surface area contributed by atoms with Gasteiger partial charge in [-0.15, -0.1) is 0 Å². The number of hydrogen-bond donors (Lipinski definition) is 2. The van der Waals surface area contributed by atoms with E-state index in [0.717, 1.165) is 17.7 Å². The smallest absolute Gasteiger partial charge is 0.224 e. The minimum absolute atomic E-state index is 0.0749. The van der Waals surface area contributed by atoms with Gasteiger partial charge in [-0.3, -0.25) is 4.79 Å². The average molecular weight is 329 g/mol. The third-order valence-electron chi connectivity index (χ3n) is 3.29. The first kappa shape index (κ1) is 15.0. The zero-order chi connectivity index (χ0) is 16.4. The van der Waals surface area contributed by atoms with Gasteiger partial charge in [-0.05, 0) is 35.9 Å². The highest BCUT2D eigenvalue weighted by Gasteiger charge is 2.10. The summed E-state index contributed by atoms with van der Waals surface area (Å²) in [5.74, 6) is 0.330. The van der Waals surface area contributed by atoms with E-state index < -0.39 is 0 Å². The number of nitrogen functional groups attached to an aromatic ring is 2. The number of fused-ring (bicyclic) bond motifs is 1. The maximum Gasteiger partial charge on any atom is 0.224 e. The Bertz CT molecular complexity index is 868. The molecule has 0 aliphatic heterocycles. The molecule has 0 spiro atoms. The molecule has 0 bridgehead atoms. The minimum Gasteiger partial charge on any atom is -0.383 e. The normalized spacial score (nSPS) is 10.7. The molecular weight excluding hydrogens is 316 g/mol. The van der Waals surface area contributed by atoms with Crippen LogP contribution in [0.3, 0.4) is 0 Å². The van der Waals surface area contributed by atoms with Crippen LogP contribution in [0.5, 0.6) is 0 Å². The molecule has 0 saturated heterocycles. The SMILES string of the molecule is Nc1nc(N)c2cc(CN(C=O)c3ccc(Cl)cc3)cnc2n1. The van der Waals surface area contributed by atoms with Gasteiger partial charge >= 0.3 is 0 Å². The Hall–Kier alpha value is -2.93. The van der Waals surface area contributed by atoms with Crippen LogP contribution in [0.2, 0.25) is 5.02 Å². The molecule has 23 heavy (non-hydrogen) atoms. The topological polar surface area (TPSA) is 111 Å². The molecule has 4 N–H and O–H groups in total. The second kappa shape index (κ2) is 6.05. The van der Waals surface area contributed by atoms with Crippen LogP contribution >= 0.6 is 11.6 Å².